The van der Waals surface area contributed by atoms with Crippen molar-refractivity contribution in [2.24, 2.45) is 0 Å². The Morgan fingerprint density at radius 1 is 1.17 bits per heavy atom. The predicted octanol–water partition coefficient (Wildman–Crippen LogP) is 2.93. The van der Waals surface area contributed by atoms with Crippen LogP contribution in [0.25, 0.3) is 0 Å². The number of ether oxygens (including phenoxy) is 3. The highest BCUT2D eigenvalue weighted by Crippen LogP contribution is 2.38. The summed E-state index contributed by atoms with van der Waals surface area (Å²) < 4.78 is 16.2. The van der Waals surface area contributed by atoms with E-state index in [2.05, 4.69) is 0 Å². The number of imide groups is 1. The zero-order valence-electron chi connectivity index (χ0n) is 14.7. The molecule has 0 N–H and O–H groups in total. The van der Waals surface area contributed by atoms with Crippen LogP contribution in [0.3, 0.4) is 0 Å². The number of nitrogens with zero attached hydrogens (tertiary/aromatic N) is 1. The van der Waals surface area contributed by atoms with Crippen LogP contribution < -0.4 is 0 Å². The summed E-state index contributed by atoms with van der Waals surface area (Å²) in [6.45, 7) is 8.50. The lowest BCUT2D eigenvalue weighted by molar-refractivity contribution is -0.173. The number of β-lactam (4-membered cyclic amide) rings is 1. The molecule has 1 fully saturated rings. The van der Waals surface area contributed by atoms with Crippen molar-refractivity contribution in [3.05, 3.63) is 35.9 Å². The number of rotatable bonds is 6. The Hall–Kier alpha value is -1.92. The maximum Gasteiger partial charge on any atom is 0.417 e. The number of benzene rings is 1. The second kappa shape index (κ2) is 7.77. The Bertz CT molecular complexity index is 567. The van der Waals surface area contributed by atoms with Gasteiger partial charge >= 0.3 is 6.09 Å². The molecule has 0 saturated carbocycles. The first-order valence-corrected chi connectivity index (χ1v) is 8.15. The van der Waals surface area contributed by atoms with Gasteiger partial charge in [0.15, 0.2) is 6.10 Å². The molecule has 1 aromatic carbocycles. The van der Waals surface area contributed by atoms with Crippen LogP contribution in [0.5, 0.6) is 0 Å². The van der Waals surface area contributed by atoms with Gasteiger partial charge in [0.1, 0.15) is 11.6 Å². The number of carbonyl (C=O) groups is 2. The Morgan fingerprint density at radius 2 is 1.83 bits per heavy atom. The highest BCUT2D eigenvalue weighted by Gasteiger charge is 2.53. The van der Waals surface area contributed by atoms with Crippen LogP contribution >= 0.6 is 0 Å². The average molecular weight is 335 g/mol. The number of carbonyl (C=O) groups excluding carboxylic acids is 2. The third-order valence-corrected chi connectivity index (χ3v) is 3.51. The minimum absolute atomic E-state index is 0.301. The van der Waals surface area contributed by atoms with Crippen molar-refractivity contribution in [2.45, 2.75) is 45.4 Å². The van der Waals surface area contributed by atoms with Crippen molar-refractivity contribution in [3.8, 4) is 0 Å². The van der Waals surface area contributed by atoms with Crippen molar-refractivity contribution in [2.75, 3.05) is 19.8 Å². The molecule has 1 aliphatic rings. The molecule has 2 unspecified atom stereocenters. The molecule has 2 amide bonds. The molecule has 1 saturated heterocycles. The van der Waals surface area contributed by atoms with E-state index in [1.54, 1.807) is 20.8 Å². The zero-order valence-corrected chi connectivity index (χ0v) is 14.7. The number of hydrogen-bond acceptors (Lipinski definition) is 5. The molecule has 1 heterocycles. The monoisotopic (exact) mass is 335 g/mol. The molecule has 0 aromatic heterocycles. The summed E-state index contributed by atoms with van der Waals surface area (Å²) in [6.07, 6.45) is -1.34. The molecule has 2 rings (SSSR count). The second-order valence-corrected chi connectivity index (χ2v) is 6.53. The van der Waals surface area contributed by atoms with Crippen LogP contribution in [0.1, 0.15) is 39.3 Å². The summed E-state index contributed by atoms with van der Waals surface area (Å²) in [7, 11) is 0. The van der Waals surface area contributed by atoms with Crippen molar-refractivity contribution in [3.63, 3.8) is 0 Å². The van der Waals surface area contributed by atoms with Gasteiger partial charge in [-0.2, -0.15) is 0 Å². The third-order valence-electron chi connectivity index (χ3n) is 3.51. The number of likely N-dealkylation sites (tertiary alicyclic amines) is 1. The third kappa shape index (κ3) is 4.33. The van der Waals surface area contributed by atoms with Gasteiger partial charge in [0.25, 0.3) is 5.91 Å². The van der Waals surface area contributed by atoms with Gasteiger partial charge in [-0.05, 0) is 33.3 Å². The standard InChI is InChI=1S/C18H25NO5/c1-5-22-11-12-23-15-14(13-9-7-6-8-10-13)19(16(15)20)17(21)24-18(2,3)4/h6-10,14-15H,5,11-12H2,1-4H3. The van der Waals surface area contributed by atoms with Gasteiger partial charge in [-0.3, -0.25) is 4.79 Å². The smallest absolute Gasteiger partial charge is 0.417 e. The zero-order chi connectivity index (χ0) is 17.7. The molecule has 1 aromatic rings. The molecule has 6 nitrogen and oxygen atoms in total. The van der Waals surface area contributed by atoms with Gasteiger partial charge in [-0.25, -0.2) is 9.69 Å². The summed E-state index contributed by atoms with van der Waals surface area (Å²) >= 11 is 0. The maximum absolute atomic E-state index is 12.4. The average Bonchev–Trinajstić information content (AvgIpc) is 2.51. The summed E-state index contributed by atoms with van der Waals surface area (Å²) in [5, 5.41) is 0. The Morgan fingerprint density at radius 3 is 2.42 bits per heavy atom. The summed E-state index contributed by atoms with van der Waals surface area (Å²) in [5.41, 5.74) is 0.170. The molecule has 0 aliphatic carbocycles. The number of hydrogen-bond donors (Lipinski definition) is 0. The van der Waals surface area contributed by atoms with Crippen molar-refractivity contribution < 1.29 is 23.8 Å². The van der Waals surface area contributed by atoms with Gasteiger partial charge in [0.2, 0.25) is 0 Å². The van der Waals surface area contributed by atoms with Crippen molar-refractivity contribution in [1.82, 2.24) is 4.90 Å². The van der Waals surface area contributed by atoms with E-state index < -0.39 is 23.8 Å². The normalized spacial score (nSPS) is 20.7. The van der Waals surface area contributed by atoms with E-state index >= 15 is 0 Å². The summed E-state index contributed by atoms with van der Waals surface area (Å²) in [6, 6.07) is 8.87. The van der Waals surface area contributed by atoms with E-state index in [1.807, 2.05) is 37.3 Å². The van der Waals surface area contributed by atoms with Crippen LogP contribution in [0, 0.1) is 0 Å². The van der Waals surface area contributed by atoms with Crippen LogP contribution in [-0.4, -0.2) is 48.4 Å². The van der Waals surface area contributed by atoms with E-state index in [4.69, 9.17) is 14.2 Å². The van der Waals surface area contributed by atoms with Gasteiger partial charge in [0.05, 0.1) is 13.2 Å². The van der Waals surface area contributed by atoms with Gasteiger partial charge in [-0.1, -0.05) is 30.3 Å². The highest BCUT2D eigenvalue weighted by molar-refractivity contribution is 6.01. The molecule has 132 valence electrons. The maximum atomic E-state index is 12.4. The predicted molar refractivity (Wildman–Crippen MR) is 88.5 cm³/mol. The van der Waals surface area contributed by atoms with Crippen molar-refractivity contribution in [1.29, 1.82) is 0 Å². The fourth-order valence-corrected chi connectivity index (χ4v) is 2.49. The fourth-order valence-electron chi connectivity index (χ4n) is 2.49. The van der Waals surface area contributed by atoms with E-state index in [0.29, 0.717) is 19.8 Å². The highest BCUT2D eigenvalue weighted by atomic mass is 16.6. The van der Waals surface area contributed by atoms with Crippen LogP contribution in [-0.2, 0) is 19.0 Å². The largest absolute Gasteiger partial charge is 0.443 e. The lowest BCUT2D eigenvalue weighted by Crippen LogP contribution is -2.62. The lowest BCUT2D eigenvalue weighted by atomic mass is 9.91. The summed E-state index contributed by atoms with van der Waals surface area (Å²) in [5.74, 6) is -0.380. The lowest BCUT2D eigenvalue weighted by Gasteiger charge is -2.45. The first kappa shape index (κ1) is 18.4. The molecule has 2 atom stereocenters. The van der Waals surface area contributed by atoms with Crippen molar-refractivity contribution >= 4 is 12.0 Å². The minimum atomic E-state index is -0.694. The van der Waals surface area contributed by atoms with Crippen LogP contribution in [0.15, 0.2) is 30.3 Å². The SMILES string of the molecule is CCOCCOC1C(=O)N(C(=O)OC(C)(C)C)C1c1ccccc1. The van der Waals surface area contributed by atoms with Crippen LogP contribution in [0.2, 0.25) is 0 Å². The minimum Gasteiger partial charge on any atom is -0.443 e. The topological polar surface area (TPSA) is 65.1 Å². The molecule has 0 bridgehead atoms. The van der Waals surface area contributed by atoms with Gasteiger partial charge < -0.3 is 14.2 Å². The van der Waals surface area contributed by atoms with Gasteiger partial charge in [-0.15, -0.1) is 0 Å². The Kier molecular flexibility index (Phi) is 5.96. The molecule has 6 heteroatoms. The van der Waals surface area contributed by atoms with E-state index in [1.165, 1.54) is 0 Å². The van der Waals surface area contributed by atoms with E-state index in [9.17, 15) is 9.59 Å². The van der Waals surface area contributed by atoms with E-state index in [-0.39, 0.29) is 5.91 Å². The molecular weight excluding hydrogens is 310 g/mol. The quantitative estimate of drug-likeness (QED) is 0.591. The Labute approximate surface area is 142 Å². The molecule has 1 aliphatic heterocycles. The molecule has 0 spiro atoms. The first-order chi connectivity index (χ1) is 11.3. The fraction of sp³-hybridized carbons (Fsp3) is 0.556. The molecule has 0 radical (unpaired) electrons. The summed E-state index contributed by atoms with van der Waals surface area (Å²) in [4.78, 5) is 25.9. The second-order valence-electron chi connectivity index (χ2n) is 6.53. The number of amides is 2. The molecule has 24 heavy (non-hydrogen) atoms. The van der Waals surface area contributed by atoms with Crippen LogP contribution in [0.4, 0.5) is 4.79 Å². The Balaban J connectivity index is 2.12. The first-order valence-electron chi connectivity index (χ1n) is 8.15. The van der Waals surface area contributed by atoms with Gasteiger partial charge in [0, 0.05) is 6.61 Å². The molecular formula is C18H25NO5. The van der Waals surface area contributed by atoms with E-state index in [0.717, 1.165) is 10.5 Å².